The molecule has 7 amide bonds. The van der Waals surface area contributed by atoms with Crippen molar-refractivity contribution in [3.8, 4) is 0 Å². The Morgan fingerprint density at radius 3 is 2.17 bits per heavy atom. The highest BCUT2D eigenvalue weighted by molar-refractivity contribution is 5.95. The zero-order valence-corrected chi connectivity index (χ0v) is 27.0. The Labute approximate surface area is 276 Å². The van der Waals surface area contributed by atoms with Crippen LogP contribution < -0.4 is 38.5 Å². The van der Waals surface area contributed by atoms with Gasteiger partial charge in [-0.15, -0.1) is 0 Å². The number of amides is 7. The minimum Gasteiger partial charge on any atom is -0.480 e. The van der Waals surface area contributed by atoms with E-state index in [0.29, 0.717) is 12.1 Å². The first-order chi connectivity index (χ1) is 22.6. The van der Waals surface area contributed by atoms with Gasteiger partial charge in [-0.2, -0.15) is 0 Å². The smallest absolute Gasteiger partial charge is 0.326 e. The summed E-state index contributed by atoms with van der Waals surface area (Å²) in [6.45, 7) is 3.23. The van der Waals surface area contributed by atoms with Gasteiger partial charge in [-0.25, -0.2) is 9.78 Å². The van der Waals surface area contributed by atoms with Crippen LogP contribution in [0.15, 0.2) is 12.5 Å². The largest absolute Gasteiger partial charge is 0.480 e. The van der Waals surface area contributed by atoms with Crippen LogP contribution in [0.2, 0.25) is 0 Å². The van der Waals surface area contributed by atoms with E-state index in [9.17, 15) is 43.5 Å². The van der Waals surface area contributed by atoms with Gasteiger partial charge in [0.25, 0.3) is 0 Å². The second-order valence-electron chi connectivity index (χ2n) is 12.0. The molecule has 0 aliphatic carbocycles. The maximum atomic E-state index is 13.6. The topological polar surface area (TPSA) is 315 Å². The predicted molar refractivity (Wildman–Crippen MR) is 168 cm³/mol. The molecule has 12 N–H and O–H groups in total. The number of nitrogens with zero attached hydrogens (tertiary/aromatic N) is 2. The second kappa shape index (κ2) is 18.9. The second-order valence-corrected chi connectivity index (χ2v) is 12.0. The van der Waals surface area contributed by atoms with Gasteiger partial charge in [0.15, 0.2) is 0 Å². The number of H-pyrrole nitrogens is 1. The zero-order valence-electron chi connectivity index (χ0n) is 27.0. The number of carbonyl (C=O) groups is 8. The highest BCUT2D eigenvalue weighted by Crippen LogP contribution is 2.21. The average Bonchev–Trinajstić information content (AvgIpc) is 3.71. The van der Waals surface area contributed by atoms with Crippen LogP contribution in [-0.2, 0) is 44.8 Å². The van der Waals surface area contributed by atoms with E-state index in [1.54, 1.807) is 0 Å². The Balaban J connectivity index is 2.05. The molecule has 0 unspecified atom stereocenters. The van der Waals surface area contributed by atoms with Gasteiger partial charge < -0.3 is 53.5 Å². The van der Waals surface area contributed by atoms with Crippen molar-refractivity contribution in [2.24, 2.45) is 23.1 Å². The molecule has 1 aliphatic heterocycles. The van der Waals surface area contributed by atoms with Crippen molar-refractivity contribution in [2.45, 2.75) is 95.4 Å². The summed E-state index contributed by atoms with van der Waals surface area (Å²) in [6, 6.07) is -5.78. The number of hydrogen-bond donors (Lipinski definition) is 9. The number of likely N-dealkylation sites (tertiary alicyclic amines) is 1. The third-order valence-electron chi connectivity index (χ3n) is 7.54. The summed E-state index contributed by atoms with van der Waals surface area (Å²) in [7, 11) is 0. The molecule has 5 atom stereocenters. The number of carboxylic acid groups (broad SMARTS) is 1. The molecule has 1 aromatic heterocycles. The van der Waals surface area contributed by atoms with Crippen molar-refractivity contribution in [3.05, 3.63) is 18.2 Å². The Kier molecular flexibility index (Phi) is 15.4. The molecule has 0 aromatic carbocycles. The number of nitrogens with two attached hydrogens (primary N) is 3. The summed E-state index contributed by atoms with van der Waals surface area (Å²) >= 11 is 0. The van der Waals surface area contributed by atoms with E-state index in [1.807, 2.05) is 13.8 Å². The lowest BCUT2D eigenvalue weighted by Gasteiger charge is -2.30. The summed E-state index contributed by atoms with van der Waals surface area (Å²) in [4.78, 5) is 107. The molecule has 266 valence electrons. The number of rotatable bonds is 20. The number of carbonyl (C=O) groups excluding carboxylic acids is 7. The molecule has 19 heteroatoms. The fraction of sp³-hybridized carbons (Fsp3) is 0.621. The Morgan fingerprint density at radius 2 is 1.60 bits per heavy atom. The number of imidazole rings is 1. The summed E-state index contributed by atoms with van der Waals surface area (Å²) in [5.41, 5.74) is 16.9. The van der Waals surface area contributed by atoms with E-state index in [0.717, 1.165) is 0 Å². The first-order valence-corrected chi connectivity index (χ1v) is 15.6. The van der Waals surface area contributed by atoms with Crippen molar-refractivity contribution in [3.63, 3.8) is 0 Å². The maximum absolute atomic E-state index is 13.6. The molecule has 19 nitrogen and oxygen atoms in total. The first-order valence-electron chi connectivity index (χ1n) is 15.6. The summed E-state index contributed by atoms with van der Waals surface area (Å²) in [5.74, 6) is -6.38. The summed E-state index contributed by atoms with van der Waals surface area (Å²) < 4.78 is 0. The third kappa shape index (κ3) is 13.0. The highest BCUT2D eigenvalue weighted by atomic mass is 16.4. The number of hydrogen-bond acceptors (Lipinski definition) is 10. The maximum Gasteiger partial charge on any atom is 0.326 e. The van der Waals surface area contributed by atoms with Crippen molar-refractivity contribution in [1.82, 2.24) is 36.1 Å². The van der Waals surface area contributed by atoms with Crippen LogP contribution in [0.1, 0.15) is 64.5 Å². The number of aromatic nitrogens is 2. The number of aliphatic carboxylic acids is 1. The average molecular weight is 679 g/mol. The van der Waals surface area contributed by atoms with Gasteiger partial charge in [-0.1, -0.05) is 13.8 Å². The van der Waals surface area contributed by atoms with Crippen LogP contribution in [0.3, 0.4) is 0 Å². The molecule has 1 aliphatic rings. The molecular weight excluding hydrogens is 632 g/mol. The molecule has 1 fully saturated rings. The lowest BCUT2D eigenvalue weighted by atomic mass is 10.0. The van der Waals surface area contributed by atoms with E-state index < -0.39 is 84.1 Å². The highest BCUT2D eigenvalue weighted by Gasteiger charge is 2.39. The van der Waals surface area contributed by atoms with Crippen molar-refractivity contribution < 1.29 is 43.5 Å². The lowest BCUT2D eigenvalue weighted by Crippen LogP contribution is -2.57. The van der Waals surface area contributed by atoms with Gasteiger partial charge >= 0.3 is 5.97 Å². The fourth-order valence-electron chi connectivity index (χ4n) is 5.10. The standard InChI is InChI=1S/C29H46N10O9/c1-15(2)10-20(28(46)39-9-3-4-21(39)27(45)38-19(29(47)48)6-8-23(32)41)36-24(42)13-34-26(44)18(5-7-22(31)40)37-25(43)17(30)11-16-12-33-14-35-16/h12,14-15,17-21H,3-11,13,30H2,1-2H3,(H2,31,40)(H2,32,41)(H,33,35)(H,34,44)(H,36,42)(H,37,43)(H,38,45)(H,47,48)/t17-,18-,19-,20-,21-/m0/s1. The number of aromatic amines is 1. The van der Waals surface area contributed by atoms with Gasteiger partial charge in [0.1, 0.15) is 24.2 Å². The molecule has 0 saturated carbocycles. The molecule has 48 heavy (non-hydrogen) atoms. The van der Waals surface area contributed by atoms with Crippen molar-refractivity contribution >= 4 is 47.3 Å². The first kappa shape index (κ1) is 39.1. The third-order valence-corrected chi connectivity index (χ3v) is 7.54. The fourth-order valence-corrected chi connectivity index (χ4v) is 5.10. The van der Waals surface area contributed by atoms with Gasteiger partial charge in [0.05, 0.1) is 18.9 Å². The molecule has 0 bridgehead atoms. The minimum atomic E-state index is -1.39. The molecular formula is C29H46N10O9. The van der Waals surface area contributed by atoms with Crippen LogP contribution in [0.25, 0.3) is 0 Å². The molecule has 0 spiro atoms. The Morgan fingerprint density at radius 1 is 0.958 bits per heavy atom. The Bertz CT molecular complexity index is 1320. The van der Waals surface area contributed by atoms with E-state index in [2.05, 4.69) is 31.2 Å². The van der Waals surface area contributed by atoms with E-state index in [4.69, 9.17) is 17.2 Å². The van der Waals surface area contributed by atoms with Crippen LogP contribution in [0.5, 0.6) is 0 Å². The normalized spacial score (nSPS) is 16.7. The predicted octanol–water partition coefficient (Wildman–Crippen LogP) is -3.50. The van der Waals surface area contributed by atoms with E-state index in [-0.39, 0.29) is 57.4 Å². The van der Waals surface area contributed by atoms with Crippen LogP contribution in [0, 0.1) is 5.92 Å². The lowest BCUT2D eigenvalue weighted by molar-refractivity contribution is -0.145. The van der Waals surface area contributed by atoms with Crippen LogP contribution in [-0.4, -0.2) is 111 Å². The summed E-state index contributed by atoms with van der Waals surface area (Å²) in [6.07, 6.45) is 3.00. The zero-order chi connectivity index (χ0) is 36.0. The van der Waals surface area contributed by atoms with Gasteiger partial charge in [0.2, 0.25) is 41.4 Å². The van der Waals surface area contributed by atoms with Gasteiger partial charge in [-0.05, 0) is 38.0 Å². The molecule has 1 aromatic rings. The van der Waals surface area contributed by atoms with Crippen molar-refractivity contribution in [1.29, 1.82) is 0 Å². The molecule has 2 heterocycles. The summed E-state index contributed by atoms with van der Waals surface area (Å²) in [5, 5.41) is 19.3. The minimum absolute atomic E-state index is 0.0757. The van der Waals surface area contributed by atoms with Gasteiger partial charge in [-0.3, -0.25) is 33.6 Å². The number of primary amides is 2. The molecule has 1 saturated heterocycles. The monoisotopic (exact) mass is 678 g/mol. The number of nitrogens with one attached hydrogen (secondary N) is 5. The van der Waals surface area contributed by atoms with E-state index >= 15 is 0 Å². The molecule has 2 rings (SSSR count). The van der Waals surface area contributed by atoms with Crippen LogP contribution in [0.4, 0.5) is 0 Å². The van der Waals surface area contributed by atoms with Gasteiger partial charge in [0, 0.05) is 37.7 Å². The van der Waals surface area contributed by atoms with Crippen LogP contribution >= 0.6 is 0 Å². The SMILES string of the molecule is CC(C)C[C@H](NC(=O)CNC(=O)[C@H](CCC(N)=O)NC(=O)[C@@H](N)Cc1cnc[nH]1)C(=O)N1CCC[C@H]1C(=O)N[C@@H](CCC(N)=O)C(=O)O. The Hall–Kier alpha value is -5.07. The van der Waals surface area contributed by atoms with E-state index in [1.165, 1.54) is 17.4 Å². The quantitative estimate of drug-likeness (QED) is 0.0651. The molecule has 0 radical (unpaired) electrons. The van der Waals surface area contributed by atoms with Crippen molar-refractivity contribution in [2.75, 3.05) is 13.1 Å². The number of carboxylic acids is 1.